The molecule has 8 heteroatoms. The van der Waals surface area contributed by atoms with E-state index in [0.717, 1.165) is 55.1 Å². The van der Waals surface area contributed by atoms with E-state index in [1.807, 2.05) is 43.3 Å². The zero-order valence-corrected chi connectivity index (χ0v) is 20.3. The molecule has 35 heavy (non-hydrogen) atoms. The Morgan fingerprint density at radius 1 is 1.11 bits per heavy atom. The van der Waals surface area contributed by atoms with E-state index in [4.69, 9.17) is 18.6 Å². The minimum Gasteiger partial charge on any atom is -0.497 e. The molecule has 0 saturated carbocycles. The van der Waals surface area contributed by atoms with E-state index in [1.165, 1.54) is 0 Å². The number of carbonyl (C=O) groups is 1. The molecule has 1 saturated heterocycles. The van der Waals surface area contributed by atoms with Gasteiger partial charge in [0.25, 0.3) is 0 Å². The molecule has 0 bridgehead atoms. The predicted molar refractivity (Wildman–Crippen MR) is 133 cm³/mol. The number of benzene rings is 2. The highest BCUT2D eigenvalue weighted by molar-refractivity contribution is 5.82. The number of hydrogen-bond donors (Lipinski definition) is 1. The van der Waals surface area contributed by atoms with Crippen LogP contribution in [0.25, 0.3) is 11.0 Å². The van der Waals surface area contributed by atoms with Gasteiger partial charge >= 0.3 is 5.63 Å². The van der Waals surface area contributed by atoms with Crippen LogP contribution in [0.15, 0.2) is 51.7 Å². The van der Waals surface area contributed by atoms with Gasteiger partial charge in [-0.2, -0.15) is 0 Å². The van der Waals surface area contributed by atoms with E-state index in [0.29, 0.717) is 36.5 Å². The number of nitrogens with one attached hydrogen (secondary N) is 1. The number of carbonyl (C=O) groups excluding carboxylic acids is 1. The van der Waals surface area contributed by atoms with Crippen molar-refractivity contribution in [3.05, 3.63) is 69.6 Å². The van der Waals surface area contributed by atoms with Crippen LogP contribution in [0.1, 0.15) is 23.1 Å². The van der Waals surface area contributed by atoms with Gasteiger partial charge in [-0.1, -0.05) is 12.1 Å². The number of methoxy groups -OCH3 is 1. The van der Waals surface area contributed by atoms with Gasteiger partial charge in [-0.3, -0.25) is 9.69 Å². The Morgan fingerprint density at radius 2 is 1.94 bits per heavy atom. The van der Waals surface area contributed by atoms with E-state index in [2.05, 4.69) is 10.2 Å². The largest absolute Gasteiger partial charge is 0.497 e. The fraction of sp³-hybridized carbons (Fsp3) is 0.407. The molecule has 1 aliphatic heterocycles. The van der Waals surface area contributed by atoms with Gasteiger partial charge in [0.2, 0.25) is 5.91 Å². The summed E-state index contributed by atoms with van der Waals surface area (Å²) in [5, 5.41) is 3.77. The molecule has 0 atom stereocenters. The second-order valence-corrected chi connectivity index (χ2v) is 8.58. The zero-order valence-electron chi connectivity index (χ0n) is 20.3. The molecule has 2 heterocycles. The van der Waals surface area contributed by atoms with Gasteiger partial charge < -0.3 is 23.9 Å². The van der Waals surface area contributed by atoms with Crippen molar-refractivity contribution >= 4 is 16.9 Å². The van der Waals surface area contributed by atoms with E-state index >= 15 is 0 Å². The average molecular weight is 481 g/mol. The molecule has 8 nitrogen and oxygen atoms in total. The lowest BCUT2D eigenvalue weighted by Crippen LogP contribution is -2.38. The number of ether oxygens (including phenoxy) is 3. The van der Waals surface area contributed by atoms with Gasteiger partial charge in [0, 0.05) is 49.6 Å². The molecule has 1 fully saturated rings. The van der Waals surface area contributed by atoms with Crippen molar-refractivity contribution in [3.63, 3.8) is 0 Å². The first kappa shape index (κ1) is 24.8. The van der Waals surface area contributed by atoms with E-state index in [-0.39, 0.29) is 12.3 Å². The predicted octanol–water partition coefficient (Wildman–Crippen LogP) is 3.07. The number of hydrogen-bond acceptors (Lipinski definition) is 7. The lowest BCUT2D eigenvalue weighted by Gasteiger charge is -2.26. The molecule has 1 aromatic heterocycles. The molecule has 186 valence electrons. The average Bonchev–Trinajstić information content (AvgIpc) is 2.88. The fourth-order valence-corrected chi connectivity index (χ4v) is 4.18. The Bertz CT molecular complexity index is 1220. The third-order valence-corrected chi connectivity index (χ3v) is 6.26. The zero-order chi connectivity index (χ0) is 24.6. The Morgan fingerprint density at radius 3 is 2.74 bits per heavy atom. The molecule has 4 rings (SSSR count). The fourth-order valence-electron chi connectivity index (χ4n) is 4.18. The third kappa shape index (κ3) is 6.61. The van der Waals surface area contributed by atoms with Gasteiger partial charge in [0.05, 0.1) is 20.3 Å². The number of rotatable bonds is 10. The SMILES string of the molecule is COc1ccc2c(C)c(CCC(=O)NCc3cccc(OCCN4CCOCC4)c3)c(=O)oc2c1. The standard InChI is InChI=1S/C27H32N2O6/c1-19-23-7-6-21(32-2)17-25(23)35-27(31)24(19)8-9-26(30)28-18-20-4-3-5-22(16-20)34-15-12-29-10-13-33-14-11-29/h3-7,16-17H,8-15,18H2,1-2H3,(H,28,30). The summed E-state index contributed by atoms with van der Waals surface area (Å²) in [6.07, 6.45) is 0.510. The molecule has 1 aliphatic rings. The van der Waals surface area contributed by atoms with Gasteiger partial charge in [0.1, 0.15) is 23.7 Å². The first-order chi connectivity index (χ1) is 17.0. The normalized spacial score (nSPS) is 14.1. The molecule has 0 aliphatic carbocycles. The quantitative estimate of drug-likeness (QED) is 0.446. The van der Waals surface area contributed by atoms with Crippen molar-refractivity contribution in [1.29, 1.82) is 0 Å². The van der Waals surface area contributed by atoms with Crippen LogP contribution >= 0.6 is 0 Å². The van der Waals surface area contributed by atoms with Crippen LogP contribution in [-0.2, 0) is 22.5 Å². The molecular weight excluding hydrogens is 448 g/mol. The number of aryl methyl sites for hydroxylation is 1. The highest BCUT2D eigenvalue weighted by atomic mass is 16.5. The first-order valence-electron chi connectivity index (χ1n) is 11.9. The maximum absolute atomic E-state index is 12.5. The van der Waals surface area contributed by atoms with Gasteiger partial charge in [-0.05, 0) is 48.7 Å². The van der Waals surface area contributed by atoms with Crippen LogP contribution in [0.2, 0.25) is 0 Å². The first-order valence-corrected chi connectivity index (χ1v) is 11.9. The molecule has 1 amide bonds. The van der Waals surface area contributed by atoms with E-state index < -0.39 is 5.63 Å². The van der Waals surface area contributed by atoms with Crippen molar-refractivity contribution in [3.8, 4) is 11.5 Å². The van der Waals surface area contributed by atoms with Crippen LogP contribution in [0.4, 0.5) is 0 Å². The highest BCUT2D eigenvalue weighted by Crippen LogP contribution is 2.24. The van der Waals surface area contributed by atoms with E-state index in [1.54, 1.807) is 13.2 Å². The monoisotopic (exact) mass is 480 g/mol. The highest BCUT2D eigenvalue weighted by Gasteiger charge is 2.14. The lowest BCUT2D eigenvalue weighted by molar-refractivity contribution is -0.121. The summed E-state index contributed by atoms with van der Waals surface area (Å²) in [5.74, 6) is 1.28. The summed E-state index contributed by atoms with van der Waals surface area (Å²) >= 11 is 0. The second kappa shape index (κ2) is 11.9. The van der Waals surface area contributed by atoms with E-state index in [9.17, 15) is 9.59 Å². The third-order valence-electron chi connectivity index (χ3n) is 6.26. The Hall–Kier alpha value is -3.36. The van der Waals surface area contributed by atoms with Gasteiger partial charge in [-0.15, -0.1) is 0 Å². The molecule has 0 radical (unpaired) electrons. The number of fused-ring (bicyclic) bond motifs is 1. The minimum atomic E-state index is -0.419. The second-order valence-electron chi connectivity index (χ2n) is 8.58. The van der Waals surface area contributed by atoms with Gasteiger partial charge in [-0.25, -0.2) is 4.79 Å². The topological polar surface area (TPSA) is 90.2 Å². The molecule has 3 aromatic rings. The summed E-state index contributed by atoms with van der Waals surface area (Å²) in [7, 11) is 1.56. The van der Waals surface area contributed by atoms with Crippen molar-refractivity contribution in [2.45, 2.75) is 26.3 Å². The summed E-state index contributed by atoms with van der Waals surface area (Å²) < 4.78 is 21.9. The maximum atomic E-state index is 12.5. The lowest BCUT2D eigenvalue weighted by atomic mass is 10.0. The van der Waals surface area contributed by atoms with Crippen molar-refractivity contribution < 1.29 is 23.4 Å². The maximum Gasteiger partial charge on any atom is 0.339 e. The Labute approximate surface area is 204 Å². The number of amides is 1. The van der Waals surface area contributed by atoms with Crippen LogP contribution in [0.5, 0.6) is 11.5 Å². The van der Waals surface area contributed by atoms with Crippen molar-refractivity contribution in [1.82, 2.24) is 10.2 Å². The van der Waals surface area contributed by atoms with Crippen LogP contribution in [0.3, 0.4) is 0 Å². The summed E-state index contributed by atoms with van der Waals surface area (Å²) in [4.78, 5) is 27.3. The number of nitrogens with zero attached hydrogens (tertiary/aromatic N) is 1. The number of morpholine rings is 1. The van der Waals surface area contributed by atoms with Crippen LogP contribution in [0, 0.1) is 6.92 Å². The van der Waals surface area contributed by atoms with Crippen LogP contribution < -0.4 is 20.4 Å². The molecule has 0 unspecified atom stereocenters. The summed E-state index contributed by atoms with van der Waals surface area (Å²) in [6.45, 7) is 7.16. The molecular formula is C27H32N2O6. The molecule has 2 aromatic carbocycles. The van der Waals surface area contributed by atoms with Crippen molar-refractivity contribution in [2.24, 2.45) is 0 Å². The molecule has 0 spiro atoms. The Kier molecular flexibility index (Phi) is 8.39. The van der Waals surface area contributed by atoms with Crippen LogP contribution in [-0.4, -0.2) is 57.4 Å². The molecule has 1 N–H and O–H groups in total. The summed E-state index contributed by atoms with van der Waals surface area (Å²) in [5.41, 5.74) is 2.37. The Balaban J connectivity index is 1.27. The van der Waals surface area contributed by atoms with Gasteiger partial charge in [0.15, 0.2) is 0 Å². The minimum absolute atomic E-state index is 0.128. The smallest absolute Gasteiger partial charge is 0.339 e. The van der Waals surface area contributed by atoms with Crippen molar-refractivity contribution in [2.75, 3.05) is 46.6 Å². The summed E-state index contributed by atoms with van der Waals surface area (Å²) in [6, 6.07) is 13.1.